The van der Waals surface area contributed by atoms with Gasteiger partial charge in [-0.25, -0.2) is 9.20 Å². The molecule has 0 aliphatic rings. The van der Waals surface area contributed by atoms with E-state index < -0.39 is 0 Å². The Morgan fingerprint density at radius 1 is 1.00 bits per heavy atom. The SMILES string of the molecule is Cc1cccc(NC(=O)Cn2ncn3nc(-c4cccc5ccccc45)cc3c2=O)c1C. The van der Waals surface area contributed by atoms with Crippen LogP contribution in [0.3, 0.4) is 0 Å². The molecular weight excluding hydrogens is 402 g/mol. The first-order valence-electron chi connectivity index (χ1n) is 10.3. The molecule has 0 bridgehead atoms. The Morgan fingerprint density at radius 3 is 2.66 bits per heavy atom. The van der Waals surface area contributed by atoms with E-state index in [2.05, 4.69) is 15.5 Å². The first kappa shape index (κ1) is 19.7. The lowest BCUT2D eigenvalue weighted by Gasteiger charge is -2.10. The molecule has 0 spiro atoms. The minimum absolute atomic E-state index is 0.183. The van der Waals surface area contributed by atoms with Gasteiger partial charge in [-0.1, -0.05) is 54.6 Å². The number of hydrogen-bond donors (Lipinski definition) is 1. The van der Waals surface area contributed by atoms with E-state index in [1.807, 2.05) is 74.5 Å². The maximum absolute atomic E-state index is 13.0. The molecule has 1 amide bonds. The van der Waals surface area contributed by atoms with Crippen LogP contribution in [0.1, 0.15) is 11.1 Å². The normalized spacial score (nSPS) is 11.2. The summed E-state index contributed by atoms with van der Waals surface area (Å²) in [4.78, 5) is 25.6. The molecule has 0 aliphatic carbocycles. The van der Waals surface area contributed by atoms with Gasteiger partial charge < -0.3 is 5.32 Å². The van der Waals surface area contributed by atoms with Gasteiger partial charge in [0.2, 0.25) is 5.91 Å². The van der Waals surface area contributed by atoms with Gasteiger partial charge in [0.15, 0.2) is 0 Å². The van der Waals surface area contributed by atoms with Crippen molar-refractivity contribution in [3.8, 4) is 11.3 Å². The molecule has 1 N–H and O–H groups in total. The van der Waals surface area contributed by atoms with Crippen LogP contribution in [0.2, 0.25) is 0 Å². The van der Waals surface area contributed by atoms with Gasteiger partial charge in [0.1, 0.15) is 18.4 Å². The number of amides is 1. The van der Waals surface area contributed by atoms with Crippen LogP contribution in [0, 0.1) is 13.8 Å². The van der Waals surface area contributed by atoms with Crippen LogP contribution in [-0.4, -0.2) is 25.3 Å². The summed E-state index contributed by atoms with van der Waals surface area (Å²) in [5.41, 5.74) is 4.41. The van der Waals surface area contributed by atoms with Gasteiger partial charge in [-0.15, -0.1) is 0 Å². The predicted octanol–water partition coefficient (Wildman–Crippen LogP) is 3.97. The Balaban J connectivity index is 1.47. The molecule has 0 unspecified atom stereocenters. The molecule has 0 atom stereocenters. The Morgan fingerprint density at radius 2 is 1.78 bits per heavy atom. The molecular formula is C25H21N5O2. The smallest absolute Gasteiger partial charge is 0.293 e. The zero-order valence-electron chi connectivity index (χ0n) is 17.7. The zero-order valence-corrected chi connectivity index (χ0v) is 17.7. The van der Waals surface area contributed by atoms with Crippen molar-refractivity contribution in [2.24, 2.45) is 0 Å². The van der Waals surface area contributed by atoms with Crippen LogP contribution in [0.4, 0.5) is 5.69 Å². The third kappa shape index (κ3) is 3.43. The minimum atomic E-state index is -0.373. The number of rotatable bonds is 4. The average Bonchev–Trinajstić information content (AvgIpc) is 3.23. The van der Waals surface area contributed by atoms with E-state index in [1.54, 1.807) is 6.07 Å². The summed E-state index contributed by atoms with van der Waals surface area (Å²) in [6, 6.07) is 21.5. The van der Waals surface area contributed by atoms with Crippen LogP contribution < -0.4 is 10.9 Å². The number of anilines is 1. The summed E-state index contributed by atoms with van der Waals surface area (Å²) in [7, 11) is 0. The van der Waals surface area contributed by atoms with Gasteiger partial charge in [-0.3, -0.25) is 9.59 Å². The second-order valence-electron chi connectivity index (χ2n) is 7.78. The second-order valence-corrected chi connectivity index (χ2v) is 7.78. The summed E-state index contributed by atoms with van der Waals surface area (Å²) in [6.45, 7) is 3.75. The predicted molar refractivity (Wildman–Crippen MR) is 125 cm³/mol. The molecule has 0 fully saturated rings. The number of carbonyl (C=O) groups excluding carboxylic acids is 1. The number of nitrogens with one attached hydrogen (secondary N) is 1. The highest BCUT2D eigenvalue weighted by atomic mass is 16.2. The number of benzene rings is 3. The monoisotopic (exact) mass is 423 g/mol. The third-order valence-electron chi connectivity index (χ3n) is 5.73. The molecule has 7 nitrogen and oxygen atoms in total. The summed E-state index contributed by atoms with van der Waals surface area (Å²) in [5, 5.41) is 13.7. The van der Waals surface area contributed by atoms with Crippen molar-refractivity contribution in [1.29, 1.82) is 0 Å². The Labute approximate surface area is 183 Å². The lowest BCUT2D eigenvalue weighted by Crippen LogP contribution is -2.30. The minimum Gasteiger partial charge on any atom is -0.324 e. The number of carbonyl (C=O) groups is 1. The van der Waals surface area contributed by atoms with Crippen LogP contribution in [0.15, 0.2) is 77.9 Å². The van der Waals surface area contributed by atoms with E-state index in [4.69, 9.17) is 0 Å². The first-order valence-corrected chi connectivity index (χ1v) is 10.3. The number of fused-ring (bicyclic) bond motifs is 2. The fourth-order valence-electron chi connectivity index (χ4n) is 3.84. The number of aromatic nitrogens is 4. The Kier molecular flexibility index (Phi) is 4.78. The lowest BCUT2D eigenvalue weighted by molar-refractivity contribution is -0.117. The maximum Gasteiger partial charge on any atom is 0.293 e. The van der Waals surface area contributed by atoms with Gasteiger partial charge in [0, 0.05) is 11.3 Å². The van der Waals surface area contributed by atoms with E-state index in [-0.39, 0.29) is 18.0 Å². The number of hydrogen-bond acceptors (Lipinski definition) is 4. The highest BCUT2D eigenvalue weighted by Gasteiger charge is 2.14. The summed E-state index contributed by atoms with van der Waals surface area (Å²) in [5.74, 6) is -0.313. The topological polar surface area (TPSA) is 81.3 Å². The molecule has 32 heavy (non-hydrogen) atoms. The lowest BCUT2D eigenvalue weighted by atomic mass is 10.0. The molecule has 158 valence electrons. The summed E-state index contributed by atoms with van der Waals surface area (Å²) < 4.78 is 2.61. The van der Waals surface area contributed by atoms with Gasteiger partial charge in [0.25, 0.3) is 5.56 Å². The molecule has 3 aromatic carbocycles. The van der Waals surface area contributed by atoms with Gasteiger partial charge >= 0.3 is 0 Å². The highest BCUT2D eigenvalue weighted by Crippen LogP contribution is 2.27. The summed E-state index contributed by atoms with van der Waals surface area (Å²) >= 11 is 0. The molecule has 7 heteroatoms. The van der Waals surface area contributed by atoms with Gasteiger partial charge in [-0.05, 0) is 47.9 Å². The molecule has 0 radical (unpaired) electrons. The zero-order chi connectivity index (χ0) is 22.2. The molecule has 2 aromatic heterocycles. The van der Waals surface area contributed by atoms with Crippen LogP contribution >= 0.6 is 0 Å². The van der Waals surface area contributed by atoms with Crippen molar-refractivity contribution < 1.29 is 4.79 Å². The first-order chi connectivity index (χ1) is 15.5. The van der Waals surface area contributed by atoms with E-state index in [0.29, 0.717) is 11.2 Å². The van der Waals surface area contributed by atoms with E-state index >= 15 is 0 Å². The molecule has 5 rings (SSSR count). The standard InChI is InChI=1S/C25H21N5O2/c1-16-7-5-12-21(17(16)2)27-24(31)14-29-25(32)23-13-22(28-30(23)15-26-29)20-11-6-9-18-8-3-4-10-19(18)20/h3-13,15H,14H2,1-2H3,(H,27,31). The van der Waals surface area contributed by atoms with Crippen molar-refractivity contribution in [2.75, 3.05) is 5.32 Å². The van der Waals surface area contributed by atoms with Crippen LogP contribution in [0.5, 0.6) is 0 Å². The third-order valence-corrected chi connectivity index (χ3v) is 5.73. The van der Waals surface area contributed by atoms with Crippen LogP contribution in [-0.2, 0) is 11.3 Å². The molecule has 0 saturated carbocycles. The Bertz CT molecular complexity index is 1540. The Hall–Kier alpha value is -4.26. The maximum atomic E-state index is 13.0. The van der Waals surface area contributed by atoms with Crippen molar-refractivity contribution in [3.63, 3.8) is 0 Å². The largest absolute Gasteiger partial charge is 0.324 e. The highest BCUT2D eigenvalue weighted by molar-refractivity contribution is 5.96. The van der Waals surface area contributed by atoms with Crippen molar-refractivity contribution in [3.05, 3.63) is 94.5 Å². The van der Waals surface area contributed by atoms with E-state index in [1.165, 1.54) is 10.8 Å². The quantitative estimate of drug-likeness (QED) is 0.474. The van der Waals surface area contributed by atoms with Gasteiger partial charge in [-0.2, -0.15) is 10.2 Å². The molecule has 0 aliphatic heterocycles. The summed E-state index contributed by atoms with van der Waals surface area (Å²) in [6.07, 6.45) is 1.45. The average molecular weight is 423 g/mol. The molecule has 5 aromatic rings. The fourth-order valence-corrected chi connectivity index (χ4v) is 3.84. The number of nitrogens with zero attached hydrogens (tertiary/aromatic N) is 4. The van der Waals surface area contributed by atoms with Crippen molar-refractivity contribution in [1.82, 2.24) is 19.4 Å². The van der Waals surface area contributed by atoms with E-state index in [9.17, 15) is 9.59 Å². The molecule has 2 heterocycles. The second kappa shape index (κ2) is 7.77. The van der Waals surface area contributed by atoms with Crippen molar-refractivity contribution in [2.45, 2.75) is 20.4 Å². The fraction of sp³-hybridized carbons (Fsp3) is 0.120. The van der Waals surface area contributed by atoms with E-state index in [0.717, 1.165) is 37.8 Å². The van der Waals surface area contributed by atoms with Gasteiger partial charge in [0.05, 0.1) is 5.69 Å². The molecule has 0 saturated heterocycles. The van der Waals surface area contributed by atoms with Crippen molar-refractivity contribution >= 4 is 27.9 Å². The number of aryl methyl sites for hydroxylation is 1. The van der Waals surface area contributed by atoms with Crippen LogP contribution in [0.25, 0.3) is 27.5 Å².